The molecule has 0 radical (unpaired) electrons. The second-order valence-electron chi connectivity index (χ2n) is 6.22. The highest BCUT2D eigenvalue weighted by Gasteiger charge is 2.29. The van der Waals surface area contributed by atoms with Gasteiger partial charge in [-0.25, -0.2) is 0 Å². The predicted molar refractivity (Wildman–Crippen MR) is 88.7 cm³/mol. The molecule has 2 rings (SSSR count). The molecule has 0 fully saturated rings. The highest BCUT2D eigenvalue weighted by atomic mass is 16.5. The number of allylic oxidation sites excluding steroid dienone is 2. The molecule has 0 spiro atoms. The SMILES string of the molecule is CC(=O)C(N)=C(C(=N)c1cccc2c1OC(=O)CC2C)C(C)C. The maximum absolute atomic E-state index is 11.8. The molecular weight excluding hydrogens is 292 g/mol. The van der Waals surface area contributed by atoms with Gasteiger partial charge in [0.25, 0.3) is 0 Å². The van der Waals surface area contributed by atoms with Gasteiger partial charge in [-0.15, -0.1) is 0 Å². The van der Waals surface area contributed by atoms with Crippen molar-refractivity contribution in [1.29, 1.82) is 5.41 Å². The number of carbonyl (C=O) groups excluding carboxylic acids is 2. The highest BCUT2D eigenvalue weighted by Crippen LogP contribution is 2.38. The zero-order valence-corrected chi connectivity index (χ0v) is 13.9. The lowest BCUT2D eigenvalue weighted by molar-refractivity contribution is -0.135. The second kappa shape index (κ2) is 6.36. The Morgan fingerprint density at radius 1 is 1.39 bits per heavy atom. The first-order chi connectivity index (χ1) is 10.7. The van der Waals surface area contributed by atoms with Crippen molar-refractivity contribution >= 4 is 17.5 Å². The summed E-state index contributed by atoms with van der Waals surface area (Å²) < 4.78 is 5.40. The summed E-state index contributed by atoms with van der Waals surface area (Å²) in [6, 6.07) is 5.46. The van der Waals surface area contributed by atoms with Crippen LogP contribution < -0.4 is 10.5 Å². The van der Waals surface area contributed by atoms with E-state index < -0.39 is 0 Å². The lowest BCUT2D eigenvalue weighted by Gasteiger charge is -2.25. The number of ether oxygens (including phenoxy) is 1. The Balaban J connectivity index is 2.61. The van der Waals surface area contributed by atoms with Gasteiger partial charge in [-0.1, -0.05) is 32.9 Å². The minimum atomic E-state index is -0.306. The zero-order chi connectivity index (χ0) is 17.3. The molecule has 1 unspecified atom stereocenters. The number of fused-ring (bicyclic) bond motifs is 1. The van der Waals surface area contributed by atoms with Gasteiger partial charge in [-0.2, -0.15) is 0 Å². The summed E-state index contributed by atoms with van der Waals surface area (Å²) in [7, 11) is 0. The van der Waals surface area contributed by atoms with Gasteiger partial charge >= 0.3 is 5.97 Å². The minimum Gasteiger partial charge on any atom is -0.425 e. The summed E-state index contributed by atoms with van der Waals surface area (Å²) in [5.41, 5.74) is 7.99. The molecule has 1 aliphatic rings. The summed E-state index contributed by atoms with van der Waals surface area (Å²) in [5.74, 6) is -0.223. The summed E-state index contributed by atoms with van der Waals surface area (Å²) in [4.78, 5) is 23.4. The molecule has 1 atom stereocenters. The van der Waals surface area contributed by atoms with E-state index in [1.807, 2.05) is 32.9 Å². The van der Waals surface area contributed by atoms with Gasteiger partial charge in [0.15, 0.2) is 5.78 Å². The van der Waals surface area contributed by atoms with Gasteiger partial charge in [0.05, 0.1) is 17.8 Å². The molecule has 1 heterocycles. The number of hydrogen-bond acceptors (Lipinski definition) is 5. The first-order valence-electron chi connectivity index (χ1n) is 7.67. The van der Waals surface area contributed by atoms with Crippen LogP contribution >= 0.6 is 0 Å². The lowest BCUT2D eigenvalue weighted by Crippen LogP contribution is -2.24. The van der Waals surface area contributed by atoms with Crippen LogP contribution in [0.15, 0.2) is 29.5 Å². The molecule has 0 aromatic heterocycles. The van der Waals surface area contributed by atoms with E-state index in [1.54, 1.807) is 6.07 Å². The third kappa shape index (κ3) is 3.18. The molecule has 0 saturated carbocycles. The predicted octanol–water partition coefficient (Wildman–Crippen LogP) is 2.92. The van der Waals surface area contributed by atoms with E-state index in [1.165, 1.54) is 6.92 Å². The third-order valence-electron chi connectivity index (χ3n) is 4.05. The fourth-order valence-corrected chi connectivity index (χ4v) is 2.84. The number of rotatable bonds is 4. The quantitative estimate of drug-likeness (QED) is 0.387. The molecule has 0 amide bonds. The van der Waals surface area contributed by atoms with E-state index in [-0.39, 0.29) is 35.0 Å². The molecule has 23 heavy (non-hydrogen) atoms. The van der Waals surface area contributed by atoms with E-state index in [0.29, 0.717) is 23.3 Å². The van der Waals surface area contributed by atoms with E-state index in [9.17, 15) is 9.59 Å². The molecule has 0 saturated heterocycles. The average Bonchev–Trinajstić information content (AvgIpc) is 2.45. The topological polar surface area (TPSA) is 93.2 Å². The maximum Gasteiger partial charge on any atom is 0.311 e. The van der Waals surface area contributed by atoms with E-state index in [4.69, 9.17) is 15.9 Å². The zero-order valence-electron chi connectivity index (χ0n) is 13.9. The summed E-state index contributed by atoms with van der Waals surface area (Å²) in [6.07, 6.45) is 0.326. The highest BCUT2D eigenvalue weighted by molar-refractivity contribution is 6.16. The molecule has 122 valence electrons. The fourth-order valence-electron chi connectivity index (χ4n) is 2.84. The first-order valence-corrected chi connectivity index (χ1v) is 7.67. The summed E-state index contributed by atoms with van der Waals surface area (Å²) in [6.45, 7) is 7.09. The minimum absolute atomic E-state index is 0.0376. The average molecular weight is 314 g/mol. The van der Waals surface area contributed by atoms with Gasteiger partial charge in [0.2, 0.25) is 0 Å². The normalized spacial score (nSPS) is 18.1. The van der Waals surface area contributed by atoms with Crippen molar-refractivity contribution in [3.63, 3.8) is 0 Å². The van der Waals surface area contributed by atoms with Crippen molar-refractivity contribution in [2.45, 2.75) is 40.0 Å². The van der Waals surface area contributed by atoms with Crippen LogP contribution in [0, 0.1) is 11.3 Å². The molecule has 0 aliphatic carbocycles. The smallest absolute Gasteiger partial charge is 0.311 e. The molecule has 1 aromatic carbocycles. The van der Waals surface area contributed by atoms with Gasteiger partial charge in [0.1, 0.15) is 5.75 Å². The van der Waals surface area contributed by atoms with Crippen molar-refractivity contribution in [3.05, 3.63) is 40.6 Å². The van der Waals surface area contributed by atoms with Crippen LogP contribution in [0.4, 0.5) is 0 Å². The van der Waals surface area contributed by atoms with E-state index in [2.05, 4.69) is 0 Å². The Bertz CT molecular complexity index is 717. The molecule has 1 aliphatic heterocycles. The molecule has 5 nitrogen and oxygen atoms in total. The van der Waals surface area contributed by atoms with Crippen LogP contribution in [0.3, 0.4) is 0 Å². The third-order valence-corrected chi connectivity index (χ3v) is 4.05. The molecule has 0 bridgehead atoms. The maximum atomic E-state index is 11.8. The van der Waals surface area contributed by atoms with Crippen molar-refractivity contribution in [2.24, 2.45) is 11.7 Å². The Morgan fingerprint density at radius 3 is 2.61 bits per heavy atom. The standard InChI is InChI=1S/C18H22N2O3/c1-9(2)15(16(19)11(4)21)17(20)13-7-5-6-12-10(3)8-14(22)23-18(12)13/h5-7,9-10,20H,8,19H2,1-4H3. The van der Waals surface area contributed by atoms with Crippen molar-refractivity contribution in [1.82, 2.24) is 0 Å². The Morgan fingerprint density at radius 2 is 2.04 bits per heavy atom. The number of ketones is 1. The van der Waals surface area contributed by atoms with E-state index >= 15 is 0 Å². The molecular formula is C18H22N2O3. The van der Waals surface area contributed by atoms with Gasteiger partial charge in [0, 0.05) is 18.1 Å². The Labute approximate surface area is 136 Å². The summed E-state index contributed by atoms with van der Waals surface area (Å²) >= 11 is 0. The molecule has 5 heteroatoms. The van der Waals surface area contributed by atoms with Crippen LogP contribution in [0.2, 0.25) is 0 Å². The van der Waals surface area contributed by atoms with Crippen LogP contribution in [0.5, 0.6) is 5.75 Å². The number of benzene rings is 1. The van der Waals surface area contributed by atoms with Crippen LogP contribution in [-0.2, 0) is 9.59 Å². The Hall–Kier alpha value is -2.43. The second-order valence-corrected chi connectivity index (χ2v) is 6.22. The van der Waals surface area contributed by atoms with Gasteiger partial charge in [-0.3, -0.25) is 15.0 Å². The Kier molecular flexibility index (Phi) is 4.68. The summed E-state index contributed by atoms with van der Waals surface area (Å²) in [5, 5.41) is 8.53. The number of carbonyl (C=O) groups is 2. The molecule has 3 N–H and O–H groups in total. The van der Waals surface area contributed by atoms with Crippen molar-refractivity contribution in [3.8, 4) is 5.75 Å². The monoisotopic (exact) mass is 314 g/mol. The van der Waals surface area contributed by atoms with Crippen LogP contribution in [0.1, 0.15) is 51.2 Å². The number of para-hydroxylation sites is 1. The largest absolute Gasteiger partial charge is 0.425 e. The van der Waals surface area contributed by atoms with Gasteiger partial charge < -0.3 is 10.5 Å². The van der Waals surface area contributed by atoms with Crippen molar-refractivity contribution in [2.75, 3.05) is 0 Å². The van der Waals surface area contributed by atoms with Gasteiger partial charge in [-0.05, 0) is 23.5 Å². The number of esters is 1. The fraction of sp³-hybridized carbons (Fsp3) is 0.389. The molecule has 1 aromatic rings. The number of hydrogen-bond donors (Lipinski definition) is 2. The number of nitrogens with two attached hydrogens (primary N) is 1. The van der Waals surface area contributed by atoms with E-state index in [0.717, 1.165) is 5.56 Å². The first kappa shape index (κ1) is 16.9. The van der Waals surface area contributed by atoms with Crippen LogP contribution in [-0.4, -0.2) is 17.5 Å². The van der Waals surface area contributed by atoms with Crippen LogP contribution in [0.25, 0.3) is 0 Å². The van der Waals surface area contributed by atoms with Crippen molar-refractivity contribution < 1.29 is 14.3 Å². The lowest BCUT2D eigenvalue weighted by atomic mass is 9.86. The number of nitrogens with one attached hydrogen (secondary N) is 1. The number of Topliss-reactive ketones (excluding diaryl/α,β-unsaturated/α-hetero) is 1.